The van der Waals surface area contributed by atoms with Crippen molar-refractivity contribution in [2.24, 2.45) is 11.7 Å². The third-order valence-corrected chi connectivity index (χ3v) is 8.27. The molecule has 0 bridgehead atoms. The second-order valence-corrected chi connectivity index (χ2v) is 9.79. The normalized spacial score (nSPS) is 29.5. The van der Waals surface area contributed by atoms with Crippen molar-refractivity contribution in [2.45, 2.75) is 37.8 Å². The van der Waals surface area contributed by atoms with E-state index in [1.54, 1.807) is 11.4 Å². The van der Waals surface area contributed by atoms with Crippen molar-refractivity contribution < 1.29 is 13.2 Å². The first-order chi connectivity index (χ1) is 12.5. The lowest BCUT2D eigenvalue weighted by atomic mass is 9.77. The van der Waals surface area contributed by atoms with Gasteiger partial charge in [0.2, 0.25) is 10.0 Å². The van der Waals surface area contributed by atoms with Crippen molar-refractivity contribution in [1.82, 2.24) is 9.21 Å². The molecule has 7 heteroatoms. The van der Waals surface area contributed by atoms with Crippen LogP contribution in [0, 0.1) is 5.92 Å². The molecule has 2 saturated heterocycles. The number of hydrogen-bond acceptors (Lipinski definition) is 5. The number of benzene rings is 1. The molecule has 0 radical (unpaired) electrons. The van der Waals surface area contributed by atoms with Crippen LogP contribution in [0.25, 0.3) is 0 Å². The predicted octanol–water partition coefficient (Wildman–Crippen LogP) is 1.37. The minimum Gasteiger partial charge on any atom is -0.497 e. The van der Waals surface area contributed by atoms with E-state index in [9.17, 15) is 8.42 Å². The van der Waals surface area contributed by atoms with Crippen molar-refractivity contribution >= 4 is 10.0 Å². The second-order valence-electron chi connectivity index (χ2n) is 7.75. The lowest BCUT2D eigenvalue weighted by Gasteiger charge is -2.51. The Morgan fingerprint density at radius 1 is 1.31 bits per heavy atom. The van der Waals surface area contributed by atoms with Gasteiger partial charge in [0.15, 0.2) is 0 Å². The number of piperidine rings is 2. The molecule has 0 saturated carbocycles. The fourth-order valence-corrected chi connectivity index (χ4v) is 6.74. The number of methoxy groups -OCH3 is 1. The molecular weight excluding hydrogens is 350 g/mol. The first-order valence-corrected chi connectivity index (χ1v) is 11.2. The van der Waals surface area contributed by atoms with Crippen LogP contribution in [0.3, 0.4) is 0 Å². The number of fused-ring (bicyclic) bond motifs is 4. The average Bonchev–Trinajstić information content (AvgIpc) is 2.65. The zero-order valence-electron chi connectivity index (χ0n) is 15.4. The predicted molar refractivity (Wildman–Crippen MR) is 102 cm³/mol. The van der Waals surface area contributed by atoms with Crippen LogP contribution in [0.1, 0.15) is 36.4 Å². The molecule has 2 N–H and O–H groups in total. The highest BCUT2D eigenvalue weighted by molar-refractivity contribution is 7.89. The molecule has 0 aromatic heterocycles. The summed E-state index contributed by atoms with van der Waals surface area (Å²) in [6, 6.07) is 6.75. The topological polar surface area (TPSA) is 75.9 Å². The Hall–Kier alpha value is -1.15. The van der Waals surface area contributed by atoms with Crippen molar-refractivity contribution in [3.05, 3.63) is 29.3 Å². The van der Waals surface area contributed by atoms with Crippen LogP contribution >= 0.6 is 0 Å². The highest BCUT2D eigenvalue weighted by atomic mass is 32.2. The zero-order chi connectivity index (χ0) is 18.3. The summed E-state index contributed by atoms with van der Waals surface area (Å²) in [5, 5.41) is 0. The molecular formula is C19H29N3O3S. The Labute approximate surface area is 156 Å². The largest absolute Gasteiger partial charge is 0.497 e. The lowest BCUT2D eigenvalue weighted by molar-refractivity contribution is 0.0220. The van der Waals surface area contributed by atoms with E-state index in [0.717, 1.165) is 44.5 Å². The van der Waals surface area contributed by atoms with E-state index in [1.807, 2.05) is 6.07 Å². The van der Waals surface area contributed by atoms with Gasteiger partial charge in [-0.3, -0.25) is 4.90 Å². The van der Waals surface area contributed by atoms with Gasteiger partial charge in [-0.05, 0) is 54.9 Å². The molecule has 0 amide bonds. The first-order valence-electron chi connectivity index (χ1n) is 9.64. The fraction of sp³-hybridized carbons (Fsp3) is 0.684. The Balaban J connectivity index is 1.63. The van der Waals surface area contributed by atoms with Gasteiger partial charge in [0.1, 0.15) is 5.75 Å². The monoisotopic (exact) mass is 379 g/mol. The SMILES string of the molecule is COc1ccc2c(c1)CCN1C[C@@H]3CCCN(S(=O)(=O)CCN)[C@@H]3C[C@@H]21. The Bertz CT molecular complexity index is 767. The van der Waals surface area contributed by atoms with E-state index in [4.69, 9.17) is 10.5 Å². The zero-order valence-corrected chi connectivity index (χ0v) is 16.2. The molecule has 3 heterocycles. The lowest BCUT2D eigenvalue weighted by Crippen LogP contribution is -2.58. The number of nitrogens with two attached hydrogens (primary N) is 1. The number of hydrogen-bond donors (Lipinski definition) is 1. The standard InChI is InChI=1S/C19H29N3O3S/c1-25-16-4-5-17-14(11-16)6-9-21-13-15-3-2-8-22(18(15)12-19(17)21)26(23,24)10-7-20/h4-5,11,15,18-19H,2-3,6-10,12-13,20H2,1H3/t15-,18+,19-/m0/s1. The van der Waals surface area contributed by atoms with E-state index < -0.39 is 10.0 Å². The molecule has 0 spiro atoms. The number of rotatable bonds is 4. The molecule has 1 aromatic carbocycles. The summed E-state index contributed by atoms with van der Waals surface area (Å²) < 4.78 is 32.6. The minimum absolute atomic E-state index is 0.0540. The molecule has 3 aliphatic heterocycles. The van der Waals surface area contributed by atoms with Gasteiger partial charge in [0, 0.05) is 38.3 Å². The van der Waals surface area contributed by atoms with Crippen LogP contribution in [0.15, 0.2) is 18.2 Å². The maximum Gasteiger partial charge on any atom is 0.215 e. The summed E-state index contributed by atoms with van der Waals surface area (Å²) in [5.41, 5.74) is 8.25. The molecule has 26 heavy (non-hydrogen) atoms. The third-order valence-electron chi connectivity index (χ3n) is 6.35. The quantitative estimate of drug-likeness (QED) is 0.855. The van der Waals surface area contributed by atoms with E-state index in [-0.39, 0.29) is 18.3 Å². The third kappa shape index (κ3) is 3.15. The molecule has 0 unspecified atom stereocenters. The van der Waals surface area contributed by atoms with Crippen molar-refractivity contribution in [3.63, 3.8) is 0 Å². The van der Waals surface area contributed by atoms with Crippen LogP contribution in [-0.4, -0.2) is 62.7 Å². The van der Waals surface area contributed by atoms with Crippen LogP contribution in [0.2, 0.25) is 0 Å². The molecule has 2 fully saturated rings. The molecule has 1 aromatic rings. The van der Waals surface area contributed by atoms with Crippen LogP contribution in [0.4, 0.5) is 0 Å². The van der Waals surface area contributed by atoms with E-state index >= 15 is 0 Å². The molecule has 144 valence electrons. The van der Waals surface area contributed by atoms with E-state index in [1.165, 1.54) is 11.1 Å². The maximum atomic E-state index is 12.7. The number of ether oxygens (including phenoxy) is 1. The van der Waals surface area contributed by atoms with Gasteiger partial charge >= 0.3 is 0 Å². The molecule has 3 atom stereocenters. The summed E-state index contributed by atoms with van der Waals surface area (Å²) >= 11 is 0. The summed E-state index contributed by atoms with van der Waals surface area (Å²) in [5.74, 6) is 1.39. The van der Waals surface area contributed by atoms with Crippen LogP contribution in [-0.2, 0) is 16.4 Å². The average molecular weight is 380 g/mol. The van der Waals surface area contributed by atoms with Crippen molar-refractivity contribution in [1.29, 1.82) is 0 Å². The fourth-order valence-electron chi connectivity index (χ4n) is 5.13. The Morgan fingerprint density at radius 2 is 2.15 bits per heavy atom. The summed E-state index contributed by atoms with van der Waals surface area (Å²) in [6.45, 7) is 2.87. The van der Waals surface area contributed by atoms with Gasteiger partial charge in [-0.2, -0.15) is 4.31 Å². The summed E-state index contributed by atoms with van der Waals surface area (Å²) in [4.78, 5) is 2.56. The van der Waals surface area contributed by atoms with Crippen molar-refractivity contribution in [2.75, 3.05) is 39.0 Å². The van der Waals surface area contributed by atoms with Crippen molar-refractivity contribution in [3.8, 4) is 5.75 Å². The van der Waals surface area contributed by atoms with E-state index in [0.29, 0.717) is 18.5 Å². The van der Waals surface area contributed by atoms with Crippen LogP contribution < -0.4 is 10.5 Å². The summed E-state index contributed by atoms with van der Waals surface area (Å²) in [6.07, 6.45) is 4.00. The van der Waals surface area contributed by atoms with Gasteiger partial charge in [-0.15, -0.1) is 0 Å². The second kappa shape index (κ2) is 7.11. The van der Waals surface area contributed by atoms with Gasteiger partial charge in [-0.25, -0.2) is 8.42 Å². The Morgan fingerprint density at radius 3 is 2.92 bits per heavy atom. The highest BCUT2D eigenvalue weighted by Crippen LogP contribution is 2.44. The van der Waals surface area contributed by atoms with Crippen LogP contribution in [0.5, 0.6) is 5.75 Å². The molecule has 0 aliphatic carbocycles. The maximum absolute atomic E-state index is 12.7. The van der Waals surface area contributed by atoms with Gasteiger partial charge in [0.05, 0.1) is 12.9 Å². The van der Waals surface area contributed by atoms with Gasteiger partial charge in [-0.1, -0.05) is 6.07 Å². The molecule has 3 aliphatic rings. The highest BCUT2D eigenvalue weighted by Gasteiger charge is 2.45. The van der Waals surface area contributed by atoms with E-state index in [2.05, 4.69) is 17.0 Å². The summed E-state index contributed by atoms with van der Waals surface area (Å²) in [7, 11) is -1.56. The molecule has 6 nitrogen and oxygen atoms in total. The number of sulfonamides is 1. The van der Waals surface area contributed by atoms with Gasteiger partial charge in [0.25, 0.3) is 0 Å². The number of nitrogens with zero attached hydrogens (tertiary/aromatic N) is 2. The van der Waals surface area contributed by atoms with Gasteiger partial charge < -0.3 is 10.5 Å². The smallest absolute Gasteiger partial charge is 0.215 e. The molecule has 4 rings (SSSR count). The Kier molecular flexibility index (Phi) is 4.98. The first kappa shape index (κ1) is 18.2. The minimum atomic E-state index is -3.26.